The first kappa shape index (κ1) is 18.0. The molecule has 1 aliphatic heterocycles. The Morgan fingerprint density at radius 1 is 1.08 bits per heavy atom. The van der Waals surface area contributed by atoms with Crippen LogP contribution in [0.1, 0.15) is 34.8 Å². The molecule has 0 saturated carbocycles. The van der Waals surface area contributed by atoms with Crippen LogP contribution < -0.4 is 0 Å². The fraction of sp³-hybridized carbons (Fsp3) is 0.333. The molecule has 2 atom stereocenters. The Hall–Kier alpha value is -2.82. The highest BCUT2D eigenvalue weighted by Gasteiger charge is 2.33. The number of hydrogen-bond acceptors (Lipinski definition) is 3. The smallest absolute Gasteiger partial charge is 0.308 e. The first-order valence-corrected chi connectivity index (χ1v) is 8.82. The minimum absolute atomic E-state index is 0.0723. The first-order chi connectivity index (χ1) is 12.4. The third-order valence-electron chi connectivity index (χ3n) is 4.84. The van der Waals surface area contributed by atoms with Crippen LogP contribution >= 0.6 is 0 Å². The third kappa shape index (κ3) is 4.04. The first-order valence-electron chi connectivity index (χ1n) is 8.82. The number of benzene rings is 2. The van der Waals surface area contributed by atoms with Gasteiger partial charge in [-0.15, -0.1) is 0 Å². The Kier molecular flexibility index (Phi) is 5.26. The lowest BCUT2D eigenvalue weighted by Crippen LogP contribution is -2.45. The van der Waals surface area contributed by atoms with E-state index in [2.05, 4.69) is 0 Å². The van der Waals surface area contributed by atoms with Crippen LogP contribution in [0.4, 0.5) is 0 Å². The van der Waals surface area contributed by atoms with Crippen molar-refractivity contribution in [1.82, 2.24) is 4.90 Å². The summed E-state index contributed by atoms with van der Waals surface area (Å²) in [6.45, 7) is 2.63. The molecule has 2 aromatic rings. The fourth-order valence-corrected chi connectivity index (χ4v) is 3.56. The molecule has 1 saturated heterocycles. The monoisotopic (exact) mass is 353 g/mol. The highest BCUT2D eigenvalue weighted by molar-refractivity contribution is 5.97. The highest BCUT2D eigenvalue weighted by Crippen LogP contribution is 2.27. The average molecular weight is 353 g/mol. The van der Waals surface area contributed by atoms with E-state index in [0.29, 0.717) is 19.4 Å². The van der Waals surface area contributed by atoms with Gasteiger partial charge >= 0.3 is 5.97 Å². The zero-order valence-corrected chi connectivity index (χ0v) is 14.8. The minimum atomic E-state index is -0.878. The number of hydrogen-bond donors (Lipinski definition) is 2. The number of phenolic OH excluding ortho intramolecular Hbond substituents is 1. The SMILES string of the molecule is CC1CC(C(=O)O)CN(C(=O)c2cc(Cc3ccccc3)ccc2O)C1. The number of carbonyl (C=O) groups excluding carboxylic acids is 1. The minimum Gasteiger partial charge on any atom is -0.507 e. The molecule has 0 spiro atoms. The molecule has 2 aromatic carbocycles. The molecular weight excluding hydrogens is 330 g/mol. The van der Waals surface area contributed by atoms with Gasteiger partial charge in [0.05, 0.1) is 11.5 Å². The number of amides is 1. The van der Waals surface area contributed by atoms with Gasteiger partial charge in [-0.05, 0) is 42.0 Å². The maximum atomic E-state index is 12.9. The van der Waals surface area contributed by atoms with E-state index in [9.17, 15) is 19.8 Å². The molecule has 1 fully saturated rings. The largest absolute Gasteiger partial charge is 0.507 e. The van der Waals surface area contributed by atoms with Gasteiger partial charge in [0.25, 0.3) is 5.91 Å². The molecule has 136 valence electrons. The van der Waals surface area contributed by atoms with Crippen molar-refractivity contribution in [3.05, 3.63) is 65.2 Å². The number of aliphatic carboxylic acids is 1. The second-order valence-corrected chi connectivity index (χ2v) is 7.10. The van der Waals surface area contributed by atoms with E-state index in [1.54, 1.807) is 17.0 Å². The summed E-state index contributed by atoms with van der Waals surface area (Å²) < 4.78 is 0. The fourth-order valence-electron chi connectivity index (χ4n) is 3.56. The van der Waals surface area contributed by atoms with Crippen LogP contribution in [0.5, 0.6) is 5.75 Å². The Balaban J connectivity index is 1.82. The molecule has 0 aliphatic carbocycles. The lowest BCUT2D eigenvalue weighted by Gasteiger charge is -2.34. The van der Waals surface area contributed by atoms with Gasteiger partial charge in [0.1, 0.15) is 5.75 Å². The van der Waals surface area contributed by atoms with Gasteiger partial charge in [-0.25, -0.2) is 0 Å². The molecule has 2 N–H and O–H groups in total. The van der Waals surface area contributed by atoms with Gasteiger partial charge in [0, 0.05) is 13.1 Å². The van der Waals surface area contributed by atoms with E-state index >= 15 is 0 Å². The van der Waals surface area contributed by atoms with Crippen molar-refractivity contribution in [2.45, 2.75) is 19.8 Å². The number of piperidine rings is 1. The zero-order chi connectivity index (χ0) is 18.7. The van der Waals surface area contributed by atoms with Gasteiger partial charge in [-0.2, -0.15) is 0 Å². The number of carboxylic acids is 1. The van der Waals surface area contributed by atoms with Crippen molar-refractivity contribution in [2.75, 3.05) is 13.1 Å². The summed E-state index contributed by atoms with van der Waals surface area (Å²) >= 11 is 0. The number of carbonyl (C=O) groups is 2. The van der Waals surface area contributed by atoms with Crippen LogP contribution in [0, 0.1) is 11.8 Å². The second-order valence-electron chi connectivity index (χ2n) is 7.10. The Morgan fingerprint density at radius 2 is 1.81 bits per heavy atom. The molecule has 5 heteroatoms. The van der Waals surface area contributed by atoms with E-state index in [1.165, 1.54) is 6.07 Å². The summed E-state index contributed by atoms with van der Waals surface area (Å²) in [5.41, 5.74) is 2.28. The number of carboxylic acid groups (broad SMARTS) is 1. The molecule has 1 aliphatic rings. The van der Waals surface area contributed by atoms with Gasteiger partial charge in [-0.1, -0.05) is 43.3 Å². The predicted molar refractivity (Wildman–Crippen MR) is 98.2 cm³/mol. The molecular formula is C21H23NO4. The van der Waals surface area contributed by atoms with E-state index in [-0.39, 0.29) is 29.7 Å². The van der Waals surface area contributed by atoms with Crippen LogP contribution in [-0.2, 0) is 11.2 Å². The predicted octanol–water partition coefficient (Wildman–Crippen LogP) is 3.17. The Bertz CT molecular complexity index is 803. The summed E-state index contributed by atoms with van der Waals surface area (Å²) in [5.74, 6) is -1.70. The lowest BCUT2D eigenvalue weighted by atomic mass is 9.90. The molecule has 3 rings (SSSR count). The van der Waals surface area contributed by atoms with E-state index < -0.39 is 11.9 Å². The number of aromatic hydroxyl groups is 1. The van der Waals surface area contributed by atoms with Crippen molar-refractivity contribution in [1.29, 1.82) is 0 Å². The van der Waals surface area contributed by atoms with Crippen molar-refractivity contribution < 1.29 is 19.8 Å². The third-order valence-corrected chi connectivity index (χ3v) is 4.84. The Labute approximate surface area is 152 Å². The van der Waals surface area contributed by atoms with Crippen LogP contribution in [0.15, 0.2) is 48.5 Å². The summed E-state index contributed by atoms with van der Waals surface area (Å²) in [4.78, 5) is 25.8. The molecule has 26 heavy (non-hydrogen) atoms. The highest BCUT2D eigenvalue weighted by atomic mass is 16.4. The van der Waals surface area contributed by atoms with E-state index in [4.69, 9.17) is 0 Å². The summed E-state index contributed by atoms with van der Waals surface area (Å²) in [7, 11) is 0. The van der Waals surface area contributed by atoms with Crippen LogP contribution in [0.2, 0.25) is 0 Å². The number of likely N-dealkylation sites (tertiary alicyclic amines) is 1. The number of nitrogens with zero attached hydrogens (tertiary/aromatic N) is 1. The number of phenols is 1. The van der Waals surface area contributed by atoms with Gasteiger partial charge in [-0.3, -0.25) is 9.59 Å². The standard InChI is InChI=1S/C21H23NO4/c1-14-9-17(21(25)26)13-22(12-14)20(24)18-11-16(7-8-19(18)23)10-15-5-3-2-4-6-15/h2-8,11,14,17,23H,9-10,12-13H2,1H3,(H,25,26). The van der Waals surface area contributed by atoms with Gasteiger partial charge in [0.2, 0.25) is 0 Å². The maximum absolute atomic E-state index is 12.9. The summed E-state index contributed by atoms with van der Waals surface area (Å²) in [5, 5.41) is 19.5. The summed E-state index contributed by atoms with van der Waals surface area (Å²) in [6, 6.07) is 14.9. The molecule has 0 radical (unpaired) electrons. The quantitative estimate of drug-likeness (QED) is 0.885. The van der Waals surface area contributed by atoms with Crippen LogP contribution in [-0.4, -0.2) is 40.1 Å². The number of rotatable bonds is 4. The van der Waals surface area contributed by atoms with E-state index in [1.807, 2.05) is 37.3 Å². The maximum Gasteiger partial charge on any atom is 0.308 e. The topological polar surface area (TPSA) is 77.8 Å². The van der Waals surface area contributed by atoms with Crippen molar-refractivity contribution in [2.24, 2.45) is 11.8 Å². The van der Waals surface area contributed by atoms with E-state index in [0.717, 1.165) is 11.1 Å². The van der Waals surface area contributed by atoms with Gasteiger partial charge < -0.3 is 15.1 Å². The van der Waals surface area contributed by atoms with Crippen LogP contribution in [0.25, 0.3) is 0 Å². The Morgan fingerprint density at radius 3 is 2.50 bits per heavy atom. The molecule has 5 nitrogen and oxygen atoms in total. The normalized spacial score (nSPS) is 20.0. The average Bonchev–Trinajstić information content (AvgIpc) is 2.63. The second kappa shape index (κ2) is 7.60. The van der Waals surface area contributed by atoms with Crippen LogP contribution in [0.3, 0.4) is 0 Å². The summed E-state index contributed by atoms with van der Waals surface area (Å²) in [6.07, 6.45) is 1.23. The molecule has 2 unspecified atom stereocenters. The zero-order valence-electron chi connectivity index (χ0n) is 14.8. The molecule has 0 bridgehead atoms. The van der Waals surface area contributed by atoms with Gasteiger partial charge in [0.15, 0.2) is 0 Å². The molecule has 1 amide bonds. The molecule has 1 heterocycles. The van der Waals surface area contributed by atoms with Crippen molar-refractivity contribution in [3.63, 3.8) is 0 Å². The van der Waals surface area contributed by atoms with Crippen molar-refractivity contribution >= 4 is 11.9 Å². The molecule has 0 aromatic heterocycles. The van der Waals surface area contributed by atoms with Crippen molar-refractivity contribution in [3.8, 4) is 5.75 Å². The lowest BCUT2D eigenvalue weighted by molar-refractivity contribution is -0.143.